The van der Waals surface area contributed by atoms with E-state index in [1.165, 1.54) is 0 Å². The number of carbonyl (C=O) groups excluding carboxylic acids is 1. The van der Waals surface area contributed by atoms with Crippen LogP contribution >= 0.6 is 0 Å². The van der Waals surface area contributed by atoms with Crippen LogP contribution in [0.25, 0.3) is 0 Å². The van der Waals surface area contributed by atoms with E-state index in [1.807, 2.05) is 6.92 Å². The van der Waals surface area contributed by atoms with E-state index < -0.39 is 0 Å². The molecule has 1 aliphatic carbocycles. The number of carbonyl (C=O) groups is 1. The number of aliphatic hydroxyl groups is 1. The summed E-state index contributed by atoms with van der Waals surface area (Å²) in [6.45, 7) is 2.00. The fourth-order valence-corrected chi connectivity index (χ4v) is 2.15. The zero-order valence-corrected chi connectivity index (χ0v) is 7.49. The molecule has 0 bridgehead atoms. The Balaban J connectivity index is 2.64. The van der Waals surface area contributed by atoms with Crippen LogP contribution in [0.15, 0.2) is 0 Å². The van der Waals surface area contributed by atoms with Crippen molar-refractivity contribution in [2.24, 2.45) is 17.6 Å². The van der Waals surface area contributed by atoms with Gasteiger partial charge in [-0.15, -0.1) is 0 Å². The quantitative estimate of drug-likeness (QED) is 0.641. The van der Waals surface area contributed by atoms with Crippen LogP contribution in [0.4, 0.5) is 0 Å². The topological polar surface area (TPSA) is 63.3 Å². The third-order valence-corrected chi connectivity index (χ3v) is 2.86. The number of nitrogens with two attached hydrogens (primary N) is 1. The molecule has 1 aliphatic rings. The first-order chi connectivity index (χ1) is 5.66. The highest BCUT2D eigenvalue weighted by atomic mass is 16.3. The van der Waals surface area contributed by atoms with Gasteiger partial charge in [-0.3, -0.25) is 4.79 Å². The van der Waals surface area contributed by atoms with Crippen LogP contribution in [0, 0.1) is 11.8 Å². The molecule has 1 amide bonds. The monoisotopic (exact) mass is 171 g/mol. The van der Waals surface area contributed by atoms with Gasteiger partial charge in [0.25, 0.3) is 0 Å². The van der Waals surface area contributed by atoms with E-state index in [4.69, 9.17) is 5.73 Å². The van der Waals surface area contributed by atoms with Crippen molar-refractivity contribution in [2.75, 3.05) is 0 Å². The third kappa shape index (κ3) is 1.78. The first-order valence-corrected chi connectivity index (χ1v) is 4.64. The van der Waals surface area contributed by atoms with Crippen LogP contribution in [-0.4, -0.2) is 17.1 Å². The Morgan fingerprint density at radius 2 is 2.25 bits per heavy atom. The van der Waals surface area contributed by atoms with E-state index in [0.29, 0.717) is 0 Å². The fourth-order valence-electron chi connectivity index (χ4n) is 2.15. The van der Waals surface area contributed by atoms with Crippen molar-refractivity contribution >= 4 is 5.91 Å². The van der Waals surface area contributed by atoms with Gasteiger partial charge in [0, 0.05) is 5.92 Å². The molecule has 3 heteroatoms. The predicted molar refractivity (Wildman–Crippen MR) is 46.3 cm³/mol. The molecule has 70 valence electrons. The molecule has 0 aromatic carbocycles. The SMILES string of the molecule is CCC1[C@H](O)CCC[C@@H]1C(N)=O. The van der Waals surface area contributed by atoms with Crippen LogP contribution in [0.1, 0.15) is 32.6 Å². The van der Waals surface area contributed by atoms with Gasteiger partial charge in [0.2, 0.25) is 5.91 Å². The first kappa shape index (κ1) is 9.52. The Bertz CT molecular complexity index is 170. The van der Waals surface area contributed by atoms with Crippen LogP contribution in [0.3, 0.4) is 0 Å². The lowest BCUT2D eigenvalue weighted by molar-refractivity contribution is -0.127. The molecule has 1 rings (SSSR count). The van der Waals surface area contributed by atoms with E-state index in [9.17, 15) is 9.90 Å². The van der Waals surface area contributed by atoms with Gasteiger partial charge in [0.05, 0.1) is 6.10 Å². The second-order valence-corrected chi connectivity index (χ2v) is 3.58. The van der Waals surface area contributed by atoms with Crippen LogP contribution in [0.2, 0.25) is 0 Å². The van der Waals surface area contributed by atoms with Crippen molar-refractivity contribution in [2.45, 2.75) is 38.7 Å². The largest absolute Gasteiger partial charge is 0.393 e. The minimum atomic E-state index is -0.318. The zero-order chi connectivity index (χ0) is 9.14. The highest BCUT2D eigenvalue weighted by Gasteiger charge is 2.33. The average molecular weight is 171 g/mol. The number of primary amides is 1. The van der Waals surface area contributed by atoms with E-state index in [0.717, 1.165) is 25.7 Å². The van der Waals surface area contributed by atoms with Gasteiger partial charge in [-0.05, 0) is 18.8 Å². The van der Waals surface area contributed by atoms with Gasteiger partial charge in [-0.2, -0.15) is 0 Å². The van der Waals surface area contributed by atoms with Crippen LogP contribution in [0.5, 0.6) is 0 Å². The van der Waals surface area contributed by atoms with Crippen LogP contribution < -0.4 is 5.73 Å². The lowest BCUT2D eigenvalue weighted by Gasteiger charge is -2.32. The van der Waals surface area contributed by atoms with Crippen LogP contribution in [-0.2, 0) is 4.79 Å². The van der Waals surface area contributed by atoms with Gasteiger partial charge in [-0.25, -0.2) is 0 Å². The van der Waals surface area contributed by atoms with Gasteiger partial charge in [-0.1, -0.05) is 19.8 Å². The van der Waals surface area contributed by atoms with Gasteiger partial charge in [0.1, 0.15) is 0 Å². The fraction of sp³-hybridized carbons (Fsp3) is 0.889. The van der Waals surface area contributed by atoms with Crippen molar-refractivity contribution < 1.29 is 9.90 Å². The smallest absolute Gasteiger partial charge is 0.220 e. The molecule has 3 N–H and O–H groups in total. The third-order valence-electron chi connectivity index (χ3n) is 2.86. The molecule has 0 heterocycles. The van der Waals surface area contributed by atoms with E-state index in [2.05, 4.69) is 0 Å². The Morgan fingerprint density at radius 1 is 1.58 bits per heavy atom. The summed E-state index contributed by atoms with van der Waals surface area (Å²) in [7, 11) is 0. The zero-order valence-electron chi connectivity index (χ0n) is 7.49. The summed E-state index contributed by atoms with van der Waals surface area (Å²) in [5.41, 5.74) is 5.25. The molecule has 1 fully saturated rings. The molecular weight excluding hydrogens is 154 g/mol. The first-order valence-electron chi connectivity index (χ1n) is 4.64. The molecule has 3 nitrogen and oxygen atoms in total. The lowest BCUT2D eigenvalue weighted by atomic mass is 9.75. The van der Waals surface area contributed by atoms with Crippen molar-refractivity contribution in [3.05, 3.63) is 0 Å². The predicted octanol–water partition coefficient (Wildman–Crippen LogP) is 0.659. The summed E-state index contributed by atoms with van der Waals surface area (Å²) in [6, 6.07) is 0. The van der Waals surface area contributed by atoms with Gasteiger partial charge < -0.3 is 10.8 Å². The molecule has 0 aliphatic heterocycles. The van der Waals surface area contributed by atoms with Crippen molar-refractivity contribution in [3.8, 4) is 0 Å². The summed E-state index contributed by atoms with van der Waals surface area (Å²) in [5.74, 6) is -0.254. The molecule has 0 saturated heterocycles. The second-order valence-electron chi connectivity index (χ2n) is 3.58. The number of hydrogen-bond acceptors (Lipinski definition) is 2. The molecule has 0 radical (unpaired) electrons. The van der Waals surface area contributed by atoms with E-state index in [1.54, 1.807) is 0 Å². The van der Waals surface area contributed by atoms with Crippen molar-refractivity contribution in [1.82, 2.24) is 0 Å². The van der Waals surface area contributed by atoms with E-state index >= 15 is 0 Å². The average Bonchev–Trinajstić information content (AvgIpc) is 2.03. The Hall–Kier alpha value is -0.570. The summed E-state index contributed by atoms with van der Waals surface area (Å²) in [4.78, 5) is 11.0. The maximum atomic E-state index is 11.0. The molecule has 1 saturated carbocycles. The number of rotatable bonds is 2. The number of aliphatic hydroxyl groups excluding tert-OH is 1. The van der Waals surface area contributed by atoms with Gasteiger partial charge >= 0.3 is 0 Å². The highest BCUT2D eigenvalue weighted by molar-refractivity contribution is 5.77. The molecule has 1 unspecified atom stereocenters. The Kier molecular flexibility index (Phi) is 3.09. The lowest BCUT2D eigenvalue weighted by Crippen LogP contribution is -2.39. The molecule has 3 atom stereocenters. The second kappa shape index (κ2) is 3.90. The number of amides is 1. The Labute approximate surface area is 72.9 Å². The maximum Gasteiger partial charge on any atom is 0.220 e. The molecular formula is C9H17NO2. The standard InChI is InChI=1S/C9H17NO2/c1-2-6-7(9(10)12)4-3-5-8(6)11/h6-8,11H,2-5H2,1H3,(H2,10,12)/t6?,7-,8+/m0/s1. The van der Waals surface area contributed by atoms with E-state index in [-0.39, 0.29) is 23.8 Å². The normalized spacial score (nSPS) is 36.3. The maximum absolute atomic E-state index is 11.0. The minimum absolute atomic E-state index is 0.0937. The summed E-state index contributed by atoms with van der Waals surface area (Å²) in [6.07, 6.45) is 3.12. The summed E-state index contributed by atoms with van der Waals surface area (Å²) in [5, 5.41) is 9.58. The molecule has 0 aromatic rings. The number of hydrogen-bond donors (Lipinski definition) is 2. The molecule has 0 spiro atoms. The summed E-state index contributed by atoms with van der Waals surface area (Å²) >= 11 is 0. The summed E-state index contributed by atoms with van der Waals surface area (Å²) < 4.78 is 0. The highest BCUT2D eigenvalue weighted by Crippen LogP contribution is 2.32. The van der Waals surface area contributed by atoms with Crippen molar-refractivity contribution in [3.63, 3.8) is 0 Å². The van der Waals surface area contributed by atoms with Gasteiger partial charge in [0.15, 0.2) is 0 Å². The van der Waals surface area contributed by atoms with Crippen molar-refractivity contribution in [1.29, 1.82) is 0 Å². The molecule has 0 aromatic heterocycles. The minimum Gasteiger partial charge on any atom is -0.393 e. The molecule has 12 heavy (non-hydrogen) atoms. The Morgan fingerprint density at radius 3 is 2.67 bits per heavy atom.